The number of carbonyl (C=O) groups is 2. The molecule has 0 heterocycles. The van der Waals surface area contributed by atoms with Gasteiger partial charge < -0.3 is 10.6 Å². The molecule has 0 aromatic carbocycles. The molecule has 0 saturated carbocycles. The fourth-order valence-electron chi connectivity index (χ4n) is 2.43. The maximum absolute atomic E-state index is 11.9. The highest BCUT2D eigenvalue weighted by Gasteiger charge is 2.12. The van der Waals surface area contributed by atoms with Crippen molar-refractivity contribution < 1.29 is 9.59 Å². The minimum absolute atomic E-state index is 0.0933. The molecular formula is C19H40N4O2. The molecule has 2 amide bonds. The summed E-state index contributed by atoms with van der Waals surface area (Å²) < 4.78 is 0. The second-order valence-corrected chi connectivity index (χ2v) is 7.23. The number of carbonyl (C=O) groups excluding carboxylic acids is 2. The molecule has 1 atom stereocenters. The number of nitrogens with one attached hydrogen (secondary N) is 2. The first-order valence-corrected chi connectivity index (χ1v) is 9.80. The topological polar surface area (TPSA) is 64.7 Å². The second kappa shape index (κ2) is 14.1. The Morgan fingerprint density at radius 1 is 0.800 bits per heavy atom. The molecule has 6 heteroatoms. The highest BCUT2D eigenvalue weighted by atomic mass is 16.2. The molecule has 0 aliphatic carbocycles. The summed E-state index contributed by atoms with van der Waals surface area (Å²) in [4.78, 5) is 28.1. The van der Waals surface area contributed by atoms with E-state index in [0.29, 0.717) is 31.5 Å². The van der Waals surface area contributed by atoms with Crippen molar-refractivity contribution in [1.82, 2.24) is 20.4 Å². The third-order valence-corrected chi connectivity index (χ3v) is 4.37. The van der Waals surface area contributed by atoms with Crippen LogP contribution in [0.25, 0.3) is 0 Å². The van der Waals surface area contributed by atoms with Gasteiger partial charge in [0.15, 0.2) is 0 Å². The summed E-state index contributed by atoms with van der Waals surface area (Å²) in [5, 5.41) is 5.98. The molecule has 25 heavy (non-hydrogen) atoms. The van der Waals surface area contributed by atoms with Gasteiger partial charge in [-0.15, -0.1) is 0 Å². The highest BCUT2D eigenvalue weighted by Crippen LogP contribution is 2.03. The molecule has 0 aliphatic rings. The molecule has 0 saturated heterocycles. The molecular weight excluding hydrogens is 316 g/mol. The van der Waals surface area contributed by atoms with Crippen LogP contribution in [0.15, 0.2) is 0 Å². The molecule has 6 nitrogen and oxygen atoms in total. The van der Waals surface area contributed by atoms with Gasteiger partial charge in [-0.25, -0.2) is 0 Å². The predicted octanol–water partition coefficient (Wildman–Crippen LogP) is 1.56. The van der Waals surface area contributed by atoms with Crippen LogP contribution in [0.1, 0.15) is 48.0 Å². The van der Waals surface area contributed by atoms with Gasteiger partial charge in [-0.2, -0.15) is 0 Å². The Morgan fingerprint density at radius 2 is 1.28 bits per heavy atom. The van der Waals surface area contributed by atoms with Gasteiger partial charge in [0.2, 0.25) is 11.8 Å². The molecule has 148 valence electrons. The third kappa shape index (κ3) is 12.8. The first-order valence-electron chi connectivity index (χ1n) is 9.80. The Morgan fingerprint density at radius 3 is 1.76 bits per heavy atom. The van der Waals surface area contributed by atoms with E-state index >= 15 is 0 Å². The monoisotopic (exact) mass is 356 g/mol. The van der Waals surface area contributed by atoms with Crippen LogP contribution in [0.5, 0.6) is 0 Å². The molecule has 0 aromatic rings. The average Bonchev–Trinajstić information content (AvgIpc) is 2.59. The molecule has 0 spiro atoms. The van der Waals surface area contributed by atoms with Crippen LogP contribution >= 0.6 is 0 Å². The number of hydrogen-bond acceptors (Lipinski definition) is 4. The van der Waals surface area contributed by atoms with Crippen molar-refractivity contribution in [2.75, 3.05) is 52.4 Å². The van der Waals surface area contributed by atoms with Gasteiger partial charge in [-0.3, -0.25) is 19.4 Å². The van der Waals surface area contributed by atoms with Crippen LogP contribution in [-0.2, 0) is 9.59 Å². The van der Waals surface area contributed by atoms with Gasteiger partial charge in [-0.05, 0) is 44.4 Å². The van der Waals surface area contributed by atoms with Crippen molar-refractivity contribution >= 4 is 11.8 Å². The first-order chi connectivity index (χ1) is 11.8. The zero-order valence-electron chi connectivity index (χ0n) is 17.2. The minimum Gasteiger partial charge on any atom is -0.355 e. The van der Waals surface area contributed by atoms with E-state index in [4.69, 9.17) is 0 Å². The quantitative estimate of drug-likeness (QED) is 0.496. The van der Waals surface area contributed by atoms with Crippen LogP contribution < -0.4 is 10.6 Å². The standard InChI is InChI=1S/C19H40N4O2/c1-7-22(8-2)14-18(24)21-13-17(6)10-11-23(9-3)15-19(25)20-12-16(4)5/h16-17H,7-15H2,1-6H3,(H,20,25)(H,21,24). The second-order valence-electron chi connectivity index (χ2n) is 7.23. The Hall–Kier alpha value is -1.14. The van der Waals surface area contributed by atoms with E-state index in [1.165, 1.54) is 0 Å². The highest BCUT2D eigenvalue weighted by molar-refractivity contribution is 5.78. The molecule has 0 fully saturated rings. The molecule has 0 aliphatic heterocycles. The lowest BCUT2D eigenvalue weighted by Gasteiger charge is -2.23. The van der Waals surface area contributed by atoms with Crippen molar-refractivity contribution in [2.24, 2.45) is 11.8 Å². The normalized spacial score (nSPS) is 12.7. The van der Waals surface area contributed by atoms with Crippen molar-refractivity contribution in [2.45, 2.75) is 48.0 Å². The van der Waals surface area contributed by atoms with E-state index in [2.05, 4.69) is 62.0 Å². The Labute approximate surface area is 154 Å². The van der Waals surface area contributed by atoms with Crippen LogP contribution in [0.4, 0.5) is 0 Å². The largest absolute Gasteiger partial charge is 0.355 e. The summed E-state index contributed by atoms with van der Waals surface area (Å²) in [5.74, 6) is 1.05. The number of amides is 2. The zero-order valence-corrected chi connectivity index (χ0v) is 17.2. The maximum Gasteiger partial charge on any atom is 0.234 e. The van der Waals surface area contributed by atoms with Gasteiger partial charge in [0.05, 0.1) is 13.1 Å². The first kappa shape index (κ1) is 23.9. The fourth-order valence-corrected chi connectivity index (χ4v) is 2.43. The minimum atomic E-state index is 0.0933. The van der Waals surface area contributed by atoms with Crippen molar-refractivity contribution in [3.05, 3.63) is 0 Å². The lowest BCUT2D eigenvalue weighted by molar-refractivity contribution is -0.122. The fraction of sp³-hybridized carbons (Fsp3) is 0.895. The van der Waals surface area contributed by atoms with Gasteiger partial charge >= 0.3 is 0 Å². The van der Waals surface area contributed by atoms with Gasteiger partial charge in [0.25, 0.3) is 0 Å². The van der Waals surface area contributed by atoms with E-state index in [0.717, 1.165) is 39.1 Å². The average molecular weight is 357 g/mol. The van der Waals surface area contributed by atoms with Crippen LogP contribution in [0.3, 0.4) is 0 Å². The maximum atomic E-state index is 11.9. The third-order valence-electron chi connectivity index (χ3n) is 4.37. The summed E-state index contributed by atoms with van der Waals surface area (Å²) in [6.07, 6.45) is 0.969. The Bertz CT molecular complexity index is 370. The van der Waals surface area contributed by atoms with Crippen LogP contribution in [0.2, 0.25) is 0 Å². The van der Waals surface area contributed by atoms with E-state index in [1.807, 2.05) is 0 Å². The van der Waals surface area contributed by atoms with Crippen molar-refractivity contribution in [1.29, 1.82) is 0 Å². The molecule has 0 radical (unpaired) electrons. The molecule has 0 rings (SSSR count). The molecule has 1 unspecified atom stereocenters. The lowest BCUT2D eigenvalue weighted by atomic mass is 10.1. The number of hydrogen-bond donors (Lipinski definition) is 2. The number of rotatable bonds is 14. The lowest BCUT2D eigenvalue weighted by Crippen LogP contribution is -2.40. The van der Waals surface area contributed by atoms with Crippen LogP contribution in [0, 0.1) is 11.8 Å². The summed E-state index contributed by atoms with van der Waals surface area (Å²) in [6.45, 7) is 18.4. The van der Waals surface area contributed by atoms with E-state index < -0.39 is 0 Å². The summed E-state index contributed by atoms with van der Waals surface area (Å²) in [5.41, 5.74) is 0. The van der Waals surface area contributed by atoms with Gasteiger partial charge in [0.1, 0.15) is 0 Å². The molecule has 0 aromatic heterocycles. The van der Waals surface area contributed by atoms with E-state index in [9.17, 15) is 9.59 Å². The van der Waals surface area contributed by atoms with Crippen molar-refractivity contribution in [3.8, 4) is 0 Å². The number of nitrogens with zero attached hydrogens (tertiary/aromatic N) is 2. The van der Waals surface area contributed by atoms with E-state index in [-0.39, 0.29) is 11.8 Å². The smallest absolute Gasteiger partial charge is 0.234 e. The Balaban J connectivity index is 4.02. The van der Waals surface area contributed by atoms with Gasteiger partial charge in [0, 0.05) is 13.1 Å². The van der Waals surface area contributed by atoms with Gasteiger partial charge in [-0.1, -0.05) is 41.5 Å². The Kier molecular flexibility index (Phi) is 13.4. The van der Waals surface area contributed by atoms with E-state index in [1.54, 1.807) is 0 Å². The summed E-state index contributed by atoms with van der Waals surface area (Å²) >= 11 is 0. The molecule has 2 N–H and O–H groups in total. The van der Waals surface area contributed by atoms with Crippen molar-refractivity contribution in [3.63, 3.8) is 0 Å². The zero-order chi connectivity index (χ0) is 19.2. The predicted molar refractivity (Wildman–Crippen MR) is 105 cm³/mol. The van der Waals surface area contributed by atoms with Crippen LogP contribution in [-0.4, -0.2) is 74.0 Å². The summed E-state index contributed by atoms with van der Waals surface area (Å²) in [7, 11) is 0. The summed E-state index contributed by atoms with van der Waals surface area (Å²) in [6, 6.07) is 0. The number of likely N-dealkylation sites (N-methyl/N-ethyl adjacent to an activating group) is 2. The molecule has 0 bridgehead atoms. The SMILES string of the molecule is CCN(CC)CC(=O)NCC(C)CCN(CC)CC(=O)NCC(C)C.